The summed E-state index contributed by atoms with van der Waals surface area (Å²) in [7, 11) is 0. The molecule has 0 aliphatic heterocycles. The lowest BCUT2D eigenvalue weighted by Crippen LogP contribution is -2.25. The molecule has 4 nitrogen and oxygen atoms in total. The number of hydrogen-bond acceptors (Lipinski definition) is 3. The third-order valence-corrected chi connectivity index (χ3v) is 2.62. The number of hydrogen-bond donors (Lipinski definition) is 2. The standard InChI is InChI=1S/C14H22N2O2/c1-2-3-11-18-14(17)16-10-4-5-12-6-8-13(15)9-7-12/h6-9H,2-5,10-11,15H2,1H3,(H,16,17). The van der Waals surface area contributed by atoms with Crippen molar-refractivity contribution in [3.63, 3.8) is 0 Å². The molecule has 4 heteroatoms. The van der Waals surface area contributed by atoms with E-state index in [0.717, 1.165) is 31.4 Å². The van der Waals surface area contributed by atoms with Crippen LogP contribution in [0.3, 0.4) is 0 Å². The molecule has 1 rings (SSSR count). The number of benzene rings is 1. The number of unbranched alkanes of at least 4 members (excludes halogenated alkanes) is 1. The Kier molecular flexibility index (Phi) is 6.69. The molecule has 0 aliphatic rings. The molecule has 0 spiro atoms. The van der Waals surface area contributed by atoms with Crippen molar-refractivity contribution in [3.05, 3.63) is 29.8 Å². The lowest BCUT2D eigenvalue weighted by Gasteiger charge is -2.06. The quantitative estimate of drug-likeness (QED) is 0.577. The number of amides is 1. The summed E-state index contributed by atoms with van der Waals surface area (Å²) < 4.78 is 4.98. The van der Waals surface area contributed by atoms with Gasteiger partial charge < -0.3 is 15.8 Å². The Labute approximate surface area is 109 Å². The minimum atomic E-state index is -0.319. The second-order valence-electron chi connectivity index (χ2n) is 4.26. The monoisotopic (exact) mass is 250 g/mol. The summed E-state index contributed by atoms with van der Waals surface area (Å²) in [5.74, 6) is 0. The minimum Gasteiger partial charge on any atom is -0.450 e. The summed E-state index contributed by atoms with van der Waals surface area (Å²) >= 11 is 0. The fourth-order valence-corrected chi connectivity index (χ4v) is 1.53. The molecular weight excluding hydrogens is 228 g/mol. The summed E-state index contributed by atoms with van der Waals surface area (Å²) in [5.41, 5.74) is 7.61. The summed E-state index contributed by atoms with van der Waals surface area (Å²) in [5, 5.41) is 2.74. The van der Waals surface area contributed by atoms with E-state index in [2.05, 4.69) is 12.2 Å². The van der Waals surface area contributed by atoms with Crippen molar-refractivity contribution in [2.45, 2.75) is 32.6 Å². The molecule has 0 aromatic heterocycles. The van der Waals surface area contributed by atoms with Gasteiger partial charge in [-0.2, -0.15) is 0 Å². The molecule has 1 aromatic carbocycles. The molecule has 1 aromatic rings. The molecule has 0 atom stereocenters. The van der Waals surface area contributed by atoms with Gasteiger partial charge in [-0.15, -0.1) is 0 Å². The Bertz CT molecular complexity index is 349. The maximum absolute atomic E-state index is 11.2. The number of alkyl carbamates (subject to hydrolysis) is 1. The van der Waals surface area contributed by atoms with E-state index in [4.69, 9.17) is 10.5 Å². The van der Waals surface area contributed by atoms with Crippen molar-refractivity contribution < 1.29 is 9.53 Å². The molecule has 0 heterocycles. The molecule has 1 amide bonds. The Morgan fingerprint density at radius 1 is 1.28 bits per heavy atom. The average molecular weight is 250 g/mol. The molecule has 0 saturated carbocycles. The third-order valence-electron chi connectivity index (χ3n) is 2.62. The zero-order chi connectivity index (χ0) is 13.2. The van der Waals surface area contributed by atoms with Crippen LogP contribution in [0.4, 0.5) is 10.5 Å². The lowest BCUT2D eigenvalue weighted by molar-refractivity contribution is 0.144. The van der Waals surface area contributed by atoms with Crippen LogP contribution in [0, 0.1) is 0 Å². The predicted octanol–water partition coefficient (Wildman–Crippen LogP) is 2.73. The van der Waals surface area contributed by atoms with E-state index >= 15 is 0 Å². The van der Waals surface area contributed by atoms with Crippen molar-refractivity contribution >= 4 is 11.8 Å². The Morgan fingerprint density at radius 2 is 2.00 bits per heavy atom. The van der Waals surface area contributed by atoms with Crippen LogP contribution < -0.4 is 11.1 Å². The Hall–Kier alpha value is -1.71. The van der Waals surface area contributed by atoms with Gasteiger partial charge in [0.15, 0.2) is 0 Å². The molecule has 0 saturated heterocycles. The first-order chi connectivity index (χ1) is 8.72. The van der Waals surface area contributed by atoms with Crippen LogP contribution in [0.25, 0.3) is 0 Å². The van der Waals surface area contributed by atoms with Crippen molar-refractivity contribution in [2.75, 3.05) is 18.9 Å². The number of aryl methyl sites for hydroxylation is 1. The zero-order valence-corrected chi connectivity index (χ0v) is 10.9. The smallest absolute Gasteiger partial charge is 0.407 e. The van der Waals surface area contributed by atoms with Crippen LogP contribution in [0.1, 0.15) is 31.7 Å². The molecule has 0 fully saturated rings. The highest BCUT2D eigenvalue weighted by Crippen LogP contribution is 2.07. The molecular formula is C14H22N2O2. The number of carbonyl (C=O) groups is 1. The van der Waals surface area contributed by atoms with Gasteiger partial charge in [-0.05, 0) is 37.0 Å². The molecule has 100 valence electrons. The van der Waals surface area contributed by atoms with E-state index in [1.165, 1.54) is 5.56 Å². The number of carbonyl (C=O) groups excluding carboxylic acids is 1. The van der Waals surface area contributed by atoms with Crippen molar-refractivity contribution in [1.29, 1.82) is 0 Å². The van der Waals surface area contributed by atoms with Crippen LogP contribution in [-0.2, 0) is 11.2 Å². The number of anilines is 1. The van der Waals surface area contributed by atoms with Gasteiger partial charge in [0.1, 0.15) is 0 Å². The molecule has 18 heavy (non-hydrogen) atoms. The Morgan fingerprint density at radius 3 is 2.67 bits per heavy atom. The summed E-state index contributed by atoms with van der Waals surface area (Å²) in [6.45, 7) is 3.20. The van der Waals surface area contributed by atoms with Crippen LogP contribution in [-0.4, -0.2) is 19.2 Å². The highest BCUT2D eigenvalue weighted by atomic mass is 16.5. The molecule has 0 unspecified atom stereocenters. The maximum atomic E-state index is 11.2. The highest BCUT2D eigenvalue weighted by molar-refractivity contribution is 5.66. The second-order valence-corrected chi connectivity index (χ2v) is 4.26. The number of nitrogens with two attached hydrogens (primary N) is 1. The average Bonchev–Trinajstić information content (AvgIpc) is 2.37. The SMILES string of the molecule is CCCCOC(=O)NCCCc1ccc(N)cc1. The van der Waals surface area contributed by atoms with E-state index in [1.807, 2.05) is 24.3 Å². The van der Waals surface area contributed by atoms with Gasteiger partial charge in [0, 0.05) is 12.2 Å². The zero-order valence-electron chi connectivity index (χ0n) is 10.9. The first-order valence-electron chi connectivity index (χ1n) is 6.47. The summed E-state index contributed by atoms with van der Waals surface area (Å²) in [6.07, 6.45) is 3.45. The number of rotatable bonds is 7. The van der Waals surface area contributed by atoms with Crippen molar-refractivity contribution in [2.24, 2.45) is 0 Å². The van der Waals surface area contributed by atoms with Crippen LogP contribution in [0.2, 0.25) is 0 Å². The van der Waals surface area contributed by atoms with E-state index < -0.39 is 0 Å². The number of nitrogen functional groups attached to an aromatic ring is 1. The first kappa shape index (κ1) is 14.4. The maximum Gasteiger partial charge on any atom is 0.407 e. The van der Waals surface area contributed by atoms with Crippen LogP contribution in [0.5, 0.6) is 0 Å². The minimum absolute atomic E-state index is 0.319. The molecule has 0 bridgehead atoms. The van der Waals surface area contributed by atoms with E-state index in [-0.39, 0.29) is 6.09 Å². The van der Waals surface area contributed by atoms with Crippen LogP contribution in [0.15, 0.2) is 24.3 Å². The largest absolute Gasteiger partial charge is 0.450 e. The van der Waals surface area contributed by atoms with Gasteiger partial charge >= 0.3 is 6.09 Å². The number of nitrogens with one attached hydrogen (secondary N) is 1. The summed E-state index contributed by atoms with van der Waals surface area (Å²) in [4.78, 5) is 11.2. The van der Waals surface area contributed by atoms with Gasteiger partial charge in [-0.25, -0.2) is 4.79 Å². The third kappa shape index (κ3) is 6.13. The molecule has 3 N–H and O–H groups in total. The van der Waals surface area contributed by atoms with Crippen LogP contribution >= 0.6 is 0 Å². The fraction of sp³-hybridized carbons (Fsp3) is 0.500. The normalized spacial score (nSPS) is 10.1. The first-order valence-corrected chi connectivity index (χ1v) is 6.47. The van der Waals surface area contributed by atoms with Gasteiger partial charge in [-0.3, -0.25) is 0 Å². The van der Waals surface area contributed by atoms with E-state index in [9.17, 15) is 4.79 Å². The van der Waals surface area contributed by atoms with Crippen molar-refractivity contribution in [3.8, 4) is 0 Å². The molecule has 0 radical (unpaired) electrons. The highest BCUT2D eigenvalue weighted by Gasteiger charge is 2.00. The van der Waals surface area contributed by atoms with E-state index in [0.29, 0.717) is 13.2 Å². The predicted molar refractivity (Wildman–Crippen MR) is 73.4 cm³/mol. The second kappa shape index (κ2) is 8.39. The topological polar surface area (TPSA) is 64.3 Å². The fourth-order valence-electron chi connectivity index (χ4n) is 1.53. The summed E-state index contributed by atoms with van der Waals surface area (Å²) in [6, 6.07) is 7.80. The lowest BCUT2D eigenvalue weighted by atomic mass is 10.1. The van der Waals surface area contributed by atoms with Gasteiger partial charge in [-0.1, -0.05) is 25.5 Å². The molecule has 0 aliphatic carbocycles. The van der Waals surface area contributed by atoms with E-state index in [1.54, 1.807) is 0 Å². The van der Waals surface area contributed by atoms with Gasteiger partial charge in [0.25, 0.3) is 0 Å². The van der Waals surface area contributed by atoms with Gasteiger partial charge in [0.2, 0.25) is 0 Å². The Balaban J connectivity index is 2.07. The van der Waals surface area contributed by atoms with Gasteiger partial charge in [0.05, 0.1) is 6.61 Å². The van der Waals surface area contributed by atoms with Crippen molar-refractivity contribution in [1.82, 2.24) is 5.32 Å². The number of ether oxygens (including phenoxy) is 1.